The van der Waals surface area contributed by atoms with Crippen LogP contribution in [-0.4, -0.2) is 16.4 Å². The number of fused-ring (bicyclic) bond motifs is 1. The van der Waals surface area contributed by atoms with Gasteiger partial charge < -0.3 is 10.5 Å². The van der Waals surface area contributed by atoms with Gasteiger partial charge in [-0.05, 0) is 66.1 Å². The van der Waals surface area contributed by atoms with Crippen LogP contribution < -0.4 is 15.6 Å². The number of anilines is 1. The van der Waals surface area contributed by atoms with Crippen LogP contribution in [0.4, 0.5) is 5.69 Å². The van der Waals surface area contributed by atoms with Gasteiger partial charge in [0.05, 0.1) is 6.61 Å². The molecule has 0 unspecified atom stereocenters. The fraction of sp³-hybridized carbons (Fsp3) is 0.286. The summed E-state index contributed by atoms with van der Waals surface area (Å²) >= 11 is 1.16. The predicted octanol–water partition coefficient (Wildman–Crippen LogP) is 4.06. The van der Waals surface area contributed by atoms with Crippen molar-refractivity contribution >= 4 is 17.6 Å². The lowest BCUT2D eigenvalue weighted by atomic mass is 9.97. The lowest BCUT2D eigenvalue weighted by Gasteiger charge is -2.13. The SMILES string of the molecule is NSc1ccn(CCCOc2cccc(-c3ccc4c(c3N)CCC4)c2)n1. The smallest absolute Gasteiger partial charge is 0.133 e. The molecule has 0 spiro atoms. The monoisotopic (exact) mass is 380 g/mol. The van der Waals surface area contributed by atoms with Crippen molar-refractivity contribution in [1.29, 1.82) is 0 Å². The molecular formula is C21H24N4OS. The first-order valence-corrected chi connectivity index (χ1v) is 10.2. The van der Waals surface area contributed by atoms with Gasteiger partial charge >= 0.3 is 0 Å². The van der Waals surface area contributed by atoms with Crippen molar-refractivity contribution in [2.75, 3.05) is 12.3 Å². The van der Waals surface area contributed by atoms with Crippen molar-refractivity contribution in [3.63, 3.8) is 0 Å². The van der Waals surface area contributed by atoms with E-state index in [1.54, 1.807) is 0 Å². The summed E-state index contributed by atoms with van der Waals surface area (Å²) in [5.41, 5.74) is 12.3. The molecule has 4 rings (SSSR count). The number of aryl methyl sites for hydroxylation is 2. The number of hydrogen-bond donors (Lipinski definition) is 2. The van der Waals surface area contributed by atoms with Gasteiger partial charge in [0, 0.05) is 30.4 Å². The summed E-state index contributed by atoms with van der Waals surface area (Å²) in [6, 6.07) is 14.5. The highest BCUT2D eigenvalue weighted by molar-refractivity contribution is 7.97. The van der Waals surface area contributed by atoms with Gasteiger partial charge in [-0.15, -0.1) is 0 Å². The average Bonchev–Trinajstić information content (AvgIpc) is 3.35. The Hall–Kier alpha value is -2.44. The Labute approximate surface area is 163 Å². The van der Waals surface area contributed by atoms with Gasteiger partial charge in [-0.3, -0.25) is 9.82 Å². The van der Waals surface area contributed by atoms with Gasteiger partial charge in [-0.2, -0.15) is 5.10 Å². The van der Waals surface area contributed by atoms with E-state index in [4.69, 9.17) is 15.6 Å². The molecule has 0 bridgehead atoms. The number of nitrogen functional groups attached to an aromatic ring is 1. The minimum atomic E-state index is 0.633. The molecule has 1 heterocycles. The van der Waals surface area contributed by atoms with E-state index in [0.29, 0.717) is 6.61 Å². The molecule has 140 valence electrons. The second-order valence-corrected chi connectivity index (χ2v) is 7.44. The van der Waals surface area contributed by atoms with Crippen LogP contribution in [0.2, 0.25) is 0 Å². The van der Waals surface area contributed by atoms with Gasteiger partial charge in [0.25, 0.3) is 0 Å². The Bertz CT molecular complexity index is 938. The lowest BCUT2D eigenvalue weighted by Crippen LogP contribution is -2.05. The van der Waals surface area contributed by atoms with Crippen LogP contribution in [0.3, 0.4) is 0 Å². The number of aromatic nitrogens is 2. The maximum absolute atomic E-state index is 6.46. The number of nitrogens with two attached hydrogens (primary N) is 2. The Morgan fingerprint density at radius 1 is 1.15 bits per heavy atom. The van der Waals surface area contributed by atoms with Crippen molar-refractivity contribution < 1.29 is 4.74 Å². The summed E-state index contributed by atoms with van der Waals surface area (Å²) in [5.74, 6) is 0.867. The van der Waals surface area contributed by atoms with Gasteiger partial charge in [0.2, 0.25) is 0 Å². The van der Waals surface area contributed by atoms with Gasteiger partial charge in [-0.25, -0.2) is 0 Å². The molecule has 0 amide bonds. The van der Waals surface area contributed by atoms with E-state index in [0.717, 1.165) is 65.3 Å². The first-order valence-electron chi connectivity index (χ1n) is 9.28. The Morgan fingerprint density at radius 3 is 2.93 bits per heavy atom. The standard InChI is InChI=1S/C21H24N4OS/c22-21-18-7-2-4-15(18)8-9-19(21)16-5-1-6-17(14-16)26-13-3-11-25-12-10-20(24-25)27-23/h1,5-6,8-10,12,14H,2-4,7,11,13,22-23H2. The number of benzene rings is 2. The molecule has 6 heteroatoms. The Balaban J connectivity index is 1.39. The van der Waals surface area contributed by atoms with E-state index >= 15 is 0 Å². The molecule has 0 atom stereocenters. The molecule has 2 aromatic carbocycles. The maximum Gasteiger partial charge on any atom is 0.133 e. The van der Waals surface area contributed by atoms with Crippen molar-refractivity contribution in [2.45, 2.75) is 37.3 Å². The van der Waals surface area contributed by atoms with Crippen LogP contribution in [0.15, 0.2) is 53.7 Å². The van der Waals surface area contributed by atoms with Gasteiger partial charge in [0.15, 0.2) is 0 Å². The fourth-order valence-electron chi connectivity index (χ4n) is 3.65. The van der Waals surface area contributed by atoms with E-state index in [1.807, 2.05) is 29.1 Å². The minimum Gasteiger partial charge on any atom is -0.494 e. The van der Waals surface area contributed by atoms with Crippen molar-refractivity contribution in [3.05, 3.63) is 59.8 Å². The maximum atomic E-state index is 6.46. The average molecular weight is 381 g/mol. The summed E-state index contributed by atoms with van der Waals surface area (Å²) in [6.45, 7) is 1.44. The highest BCUT2D eigenvalue weighted by atomic mass is 32.2. The molecule has 4 N–H and O–H groups in total. The number of rotatable bonds is 7. The first-order chi connectivity index (χ1) is 13.2. The number of nitrogens with zero attached hydrogens (tertiary/aromatic N) is 2. The summed E-state index contributed by atoms with van der Waals surface area (Å²) in [4.78, 5) is 0. The van der Waals surface area contributed by atoms with Gasteiger partial charge in [-0.1, -0.05) is 24.3 Å². The molecule has 0 saturated carbocycles. The molecule has 3 aromatic rings. The number of hydrogen-bond acceptors (Lipinski definition) is 5. The first kappa shape index (κ1) is 17.9. The van der Waals surface area contributed by atoms with Crippen LogP contribution in [-0.2, 0) is 19.4 Å². The summed E-state index contributed by atoms with van der Waals surface area (Å²) in [5, 5.41) is 10.7. The van der Waals surface area contributed by atoms with Crippen LogP contribution in [0.25, 0.3) is 11.1 Å². The third-order valence-electron chi connectivity index (χ3n) is 5.01. The number of ether oxygens (including phenoxy) is 1. The third kappa shape index (κ3) is 3.96. The van der Waals surface area contributed by atoms with Gasteiger partial charge in [0.1, 0.15) is 10.8 Å². The van der Waals surface area contributed by atoms with E-state index in [2.05, 4.69) is 29.4 Å². The molecular weight excluding hydrogens is 356 g/mol. The van der Waals surface area contributed by atoms with Crippen LogP contribution >= 0.6 is 11.9 Å². The molecule has 1 aliphatic rings. The topological polar surface area (TPSA) is 79.1 Å². The van der Waals surface area contributed by atoms with Crippen molar-refractivity contribution in [3.8, 4) is 16.9 Å². The third-order valence-corrected chi connectivity index (χ3v) is 5.47. The minimum absolute atomic E-state index is 0.633. The summed E-state index contributed by atoms with van der Waals surface area (Å²) < 4.78 is 7.83. The molecule has 5 nitrogen and oxygen atoms in total. The highest BCUT2D eigenvalue weighted by Gasteiger charge is 2.16. The second kappa shape index (κ2) is 8.06. The zero-order chi connectivity index (χ0) is 18.6. The molecule has 27 heavy (non-hydrogen) atoms. The molecule has 1 aliphatic carbocycles. The zero-order valence-electron chi connectivity index (χ0n) is 15.2. The quantitative estimate of drug-likeness (QED) is 0.367. The predicted molar refractivity (Wildman–Crippen MR) is 111 cm³/mol. The van der Waals surface area contributed by atoms with Crippen molar-refractivity contribution in [1.82, 2.24) is 9.78 Å². The second-order valence-electron chi connectivity index (χ2n) is 6.78. The summed E-state index contributed by atoms with van der Waals surface area (Å²) in [6.07, 6.45) is 6.25. The Morgan fingerprint density at radius 2 is 2.07 bits per heavy atom. The van der Waals surface area contributed by atoms with Crippen molar-refractivity contribution in [2.24, 2.45) is 5.14 Å². The van der Waals surface area contributed by atoms with E-state index in [-0.39, 0.29) is 0 Å². The van der Waals surface area contributed by atoms with E-state index in [9.17, 15) is 0 Å². The molecule has 0 saturated heterocycles. The molecule has 0 aliphatic heterocycles. The fourth-order valence-corrected chi connectivity index (χ4v) is 3.94. The summed E-state index contributed by atoms with van der Waals surface area (Å²) in [7, 11) is 0. The zero-order valence-corrected chi connectivity index (χ0v) is 16.0. The van der Waals surface area contributed by atoms with E-state index in [1.165, 1.54) is 17.5 Å². The van der Waals surface area contributed by atoms with Crippen LogP contribution in [0, 0.1) is 0 Å². The normalized spacial score (nSPS) is 12.9. The van der Waals surface area contributed by atoms with Crippen LogP contribution in [0.5, 0.6) is 5.75 Å². The highest BCUT2D eigenvalue weighted by Crippen LogP contribution is 2.36. The lowest BCUT2D eigenvalue weighted by molar-refractivity contribution is 0.298. The van der Waals surface area contributed by atoms with Crippen LogP contribution in [0.1, 0.15) is 24.0 Å². The van der Waals surface area contributed by atoms with E-state index < -0.39 is 0 Å². The Kier molecular flexibility index (Phi) is 5.36. The molecule has 0 radical (unpaired) electrons. The molecule has 0 fully saturated rings. The molecule has 1 aromatic heterocycles. The largest absolute Gasteiger partial charge is 0.494 e.